The minimum Gasteiger partial charge on any atom is -0.461 e. The third-order valence-electron chi connectivity index (χ3n) is 5.02. The quantitative estimate of drug-likeness (QED) is 0.595. The zero-order valence-electron chi connectivity index (χ0n) is 14.4. The van der Waals surface area contributed by atoms with E-state index >= 15 is 0 Å². The smallest absolute Gasteiger partial charge is 0.343 e. The highest BCUT2D eigenvalue weighted by atomic mass is 16.7. The van der Waals surface area contributed by atoms with Gasteiger partial charge in [-0.05, 0) is 26.3 Å². The monoisotopic (exact) mass is 354 g/mol. The summed E-state index contributed by atoms with van der Waals surface area (Å²) in [6.45, 7) is 3.93. The van der Waals surface area contributed by atoms with Gasteiger partial charge in [0.05, 0.1) is 17.3 Å². The van der Waals surface area contributed by atoms with E-state index in [1.165, 1.54) is 19.9 Å². The van der Waals surface area contributed by atoms with Crippen LogP contribution in [0.15, 0.2) is 23.0 Å². The molecule has 3 N–H and O–H groups in total. The Balaban J connectivity index is 2.09. The Labute approximate surface area is 144 Å². The Hall–Kier alpha value is -1.74. The van der Waals surface area contributed by atoms with Gasteiger partial charge >= 0.3 is 11.9 Å². The number of esters is 2. The van der Waals surface area contributed by atoms with Gasteiger partial charge in [0.1, 0.15) is 18.0 Å². The van der Waals surface area contributed by atoms with Crippen LogP contribution in [0.5, 0.6) is 0 Å². The molecule has 25 heavy (non-hydrogen) atoms. The van der Waals surface area contributed by atoms with E-state index in [0.717, 1.165) is 0 Å². The molecule has 3 aliphatic rings. The normalized spacial score (nSPS) is 42.7. The maximum Gasteiger partial charge on any atom is 0.343 e. The molecule has 0 saturated carbocycles. The standard InChI is InChI=1S/C17H22O8/c1-9(18)23-8-10-13-11(19)6-16(3,21)17(22)5-4-15(2,25-17)7-12(13)24-14(10)20/h7,11,19,21-22H,4-6,8H2,1-3H3/b12-7+/t11-,15-,16-,17+/m1/s1. The number of carbonyl (C=O) groups is 2. The second-order valence-electron chi connectivity index (χ2n) is 7.26. The molecular formula is C17H22O8. The number of fused-ring (bicyclic) bond motifs is 3. The van der Waals surface area contributed by atoms with Crippen molar-refractivity contribution in [2.75, 3.05) is 6.61 Å². The number of carbonyl (C=O) groups excluding carboxylic acids is 2. The van der Waals surface area contributed by atoms with Crippen LogP contribution in [0.1, 0.15) is 40.0 Å². The van der Waals surface area contributed by atoms with Crippen LogP contribution in [0, 0.1) is 0 Å². The number of rotatable bonds is 2. The lowest BCUT2D eigenvalue weighted by Crippen LogP contribution is -2.54. The van der Waals surface area contributed by atoms with Crippen molar-refractivity contribution < 1.29 is 39.1 Å². The van der Waals surface area contributed by atoms with Gasteiger partial charge in [0.15, 0.2) is 5.79 Å². The molecular weight excluding hydrogens is 332 g/mol. The highest BCUT2D eigenvalue weighted by Gasteiger charge is 2.58. The van der Waals surface area contributed by atoms with Gasteiger partial charge in [0.25, 0.3) is 0 Å². The SMILES string of the molecule is CC(=O)OCC1=C2/C(=C\[C@@]3(C)CC[C@](O)(O3)[C@](C)(O)C[C@H]2O)OC1=O. The maximum atomic E-state index is 12.2. The lowest BCUT2D eigenvalue weighted by atomic mass is 9.82. The van der Waals surface area contributed by atoms with Crippen molar-refractivity contribution in [2.24, 2.45) is 0 Å². The predicted molar refractivity (Wildman–Crippen MR) is 82.8 cm³/mol. The molecule has 3 rings (SSSR count). The van der Waals surface area contributed by atoms with Crippen molar-refractivity contribution in [2.45, 2.75) is 63.1 Å². The summed E-state index contributed by atoms with van der Waals surface area (Å²) >= 11 is 0. The van der Waals surface area contributed by atoms with Crippen LogP contribution in [0.2, 0.25) is 0 Å². The van der Waals surface area contributed by atoms with E-state index in [1.807, 2.05) is 0 Å². The summed E-state index contributed by atoms with van der Waals surface area (Å²) in [6, 6.07) is 0. The van der Waals surface area contributed by atoms with E-state index in [1.54, 1.807) is 6.92 Å². The largest absolute Gasteiger partial charge is 0.461 e. The van der Waals surface area contributed by atoms with Crippen LogP contribution in [0.25, 0.3) is 0 Å². The fourth-order valence-corrected chi connectivity index (χ4v) is 3.56. The Morgan fingerprint density at radius 1 is 1.36 bits per heavy atom. The Bertz CT molecular complexity index is 691. The van der Waals surface area contributed by atoms with Crippen molar-refractivity contribution in [1.29, 1.82) is 0 Å². The van der Waals surface area contributed by atoms with E-state index in [4.69, 9.17) is 14.2 Å². The number of aliphatic hydroxyl groups is 3. The molecule has 4 atom stereocenters. The van der Waals surface area contributed by atoms with Crippen LogP contribution in [-0.4, -0.2) is 57.0 Å². The molecule has 8 heteroatoms. The van der Waals surface area contributed by atoms with Crippen molar-refractivity contribution >= 4 is 11.9 Å². The molecule has 0 aromatic carbocycles. The van der Waals surface area contributed by atoms with Gasteiger partial charge in [0, 0.05) is 25.3 Å². The predicted octanol–water partition coefficient (Wildman–Crippen LogP) is 0.0601. The van der Waals surface area contributed by atoms with Crippen molar-refractivity contribution in [3.05, 3.63) is 23.0 Å². The van der Waals surface area contributed by atoms with Crippen LogP contribution in [0.3, 0.4) is 0 Å². The molecule has 0 amide bonds. The Morgan fingerprint density at radius 3 is 2.68 bits per heavy atom. The molecule has 1 fully saturated rings. The number of hydrogen-bond donors (Lipinski definition) is 3. The molecule has 3 aliphatic heterocycles. The van der Waals surface area contributed by atoms with Gasteiger partial charge in [-0.1, -0.05) is 0 Å². The second-order valence-corrected chi connectivity index (χ2v) is 7.26. The topological polar surface area (TPSA) is 123 Å². The van der Waals surface area contributed by atoms with E-state index in [0.29, 0.717) is 6.42 Å². The molecule has 8 nitrogen and oxygen atoms in total. The molecule has 0 aromatic heterocycles. The first-order valence-electron chi connectivity index (χ1n) is 8.11. The van der Waals surface area contributed by atoms with Gasteiger partial charge in [-0.25, -0.2) is 4.79 Å². The average molecular weight is 354 g/mol. The summed E-state index contributed by atoms with van der Waals surface area (Å²) in [5.74, 6) is -3.03. The highest BCUT2D eigenvalue weighted by Crippen LogP contribution is 2.48. The van der Waals surface area contributed by atoms with Gasteiger partial charge in [-0.2, -0.15) is 0 Å². The lowest BCUT2D eigenvalue weighted by molar-refractivity contribution is -0.297. The van der Waals surface area contributed by atoms with Gasteiger partial charge < -0.3 is 29.5 Å². The molecule has 2 bridgehead atoms. The van der Waals surface area contributed by atoms with E-state index in [2.05, 4.69) is 0 Å². The molecule has 0 aromatic rings. The third kappa shape index (κ3) is 2.99. The zero-order valence-corrected chi connectivity index (χ0v) is 14.4. The molecule has 138 valence electrons. The highest BCUT2D eigenvalue weighted by molar-refractivity contribution is 5.95. The molecule has 0 unspecified atom stereocenters. The van der Waals surface area contributed by atoms with Gasteiger partial charge in [0.2, 0.25) is 0 Å². The average Bonchev–Trinajstić information content (AvgIpc) is 2.94. The summed E-state index contributed by atoms with van der Waals surface area (Å²) in [6.07, 6.45) is 0.480. The van der Waals surface area contributed by atoms with E-state index in [-0.39, 0.29) is 36.4 Å². The van der Waals surface area contributed by atoms with Gasteiger partial charge in [-0.3, -0.25) is 4.79 Å². The van der Waals surface area contributed by atoms with Crippen LogP contribution in [0.4, 0.5) is 0 Å². The van der Waals surface area contributed by atoms with Gasteiger partial charge in [-0.15, -0.1) is 0 Å². The number of hydrogen-bond acceptors (Lipinski definition) is 8. The summed E-state index contributed by atoms with van der Waals surface area (Å²) in [5, 5.41) is 32.1. The second kappa shape index (κ2) is 5.63. The Morgan fingerprint density at radius 2 is 2.04 bits per heavy atom. The van der Waals surface area contributed by atoms with Crippen LogP contribution >= 0.6 is 0 Å². The summed E-state index contributed by atoms with van der Waals surface area (Å²) in [7, 11) is 0. The zero-order chi connectivity index (χ0) is 18.6. The van der Waals surface area contributed by atoms with Crippen molar-refractivity contribution in [1.82, 2.24) is 0 Å². The Kier molecular flexibility index (Phi) is 4.07. The minimum atomic E-state index is -1.83. The van der Waals surface area contributed by atoms with E-state index < -0.39 is 35.0 Å². The first kappa shape index (κ1) is 18.1. The fraction of sp³-hybridized carbons (Fsp3) is 0.647. The fourth-order valence-electron chi connectivity index (χ4n) is 3.56. The summed E-state index contributed by atoms with van der Waals surface area (Å²) < 4.78 is 15.8. The molecule has 0 radical (unpaired) electrons. The lowest BCUT2D eigenvalue weighted by Gasteiger charge is -2.39. The first-order chi connectivity index (χ1) is 11.5. The maximum absolute atomic E-state index is 12.2. The number of ether oxygens (including phenoxy) is 3. The van der Waals surface area contributed by atoms with Crippen LogP contribution in [-0.2, 0) is 23.8 Å². The van der Waals surface area contributed by atoms with E-state index in [9.17, 15) is 24.9 Å². The first-order valence-corrected chi connectivity index (χ1v) is 8.11. The van der Waals surface area contributed by atoms with Crippen molar-refractivity contribution in [3.63, 3.8) is 0 Å². The number of aliphatic hydroxyl groups excluding tert-OH is 1. The third-order valence-corrected chi connectivity index (χ3v) is 5.02. The molecule has 3 heterocycles. The summed E-state index contributed by atoms with van der Waals surface area (Å²) in [4.78, 5) is 23.2. The summed E-state index contributed by atoms with van der Waals surface area (Å²) in [5.41, 5.74) is -2.59. The molecule has 1 saturated heterocycles. The van der Waals surface area contributed by atoms with Crippen LogP contribution < -0.4 is 0 Å². The molecule has 0 spiro atoms. The van der Waals surface area contributed by atoms with Crippen molar-refractivity contribution in [3.8, 4) is 0 Å². The minimum absolute atomic E-state index is 0.0121. The molecule has 0 aliphatic carbocycles.